The van der Waals surface area contributed by atoms with Crippen LogP contribution >= 0.6 is 0 Å². The monoisotopic (exact) mass is 344 g/mol. The van der Waals surface area contributed by atoms with Gasteiger partial charge in [0.05, 0.1) is 23.5 Å². The Morgan fingerprint density at radius 2 is 1.96 bits per heavy atom. The molecule has 0 saturated carbocycles. The van der Waals surface area contributed by atoms with Gasteiger partial charge < -0.3 is 14.0 Å². The van der Waals surface area contributed by atoms with Gasteiger partial charge in [0.25, 0.3) is 5.76 Å². The van der Waals surface area contributed by atoms with E-state index in [0.29, 0.717) is 11.3 Å². The van der Waals surface area contributed by atoms with Crippen LogP contribution in [0.3, 0.4) is 0 Å². The molecule has 2 aromatic rings. The molecule has 1 aliphatic heterocycles. The molecule has 8 heteroatoms. The fraction of sp³-hybridized carbons (Fsp3) is 0.294. The largest absolute Gasteiger partial charge is 0.485 e. The minimum atomic E-state index is -0.877. The fourth-order valence-corrected chi connectivity index (χ4v) is 3.07. The van der Waals surface area contributed by atoms with E-state index in [1.54, 1.807) is 6.92 Å². The highest BCUT2D eigenvalue weighted by Crippen LogP contribution is 2.50. The Morgan fingerprint density at radius 1 is 1.28 bits per heavy atom. The number of allylic oxidation sites excluding steroid dienone is 1. The number of hydrogen-bond acceptors (Lipinski definition) is 7. The maximum Gasteiger partial charge on any atom is 0.338 e. The highest BCUT2D eigenvalue weighted by Gasteiger charge is 2.47. The number of esters is 1. The van der Waals surface area contributed by atoms with Gasteiger partial charge in [0.15, 0.2) is 11.8 Å². The van der Waals surface area contributed by atoms with Crippen LogP contribution in [0.15, 0.2) is 46.2 Å². The SMILES string of the molecule is COC(=O)C1=C(C)O[C@H](c2onc(C)c2[N+](=O)[O-])[C@H]1c1ccccc1. The van der Waals surface area contributed by atoms with Crippen LogP contribution in [0.2, 0.25) is 0 Å². The zero-order chi connectivity index (χ0) is 18.1. The number of carbonyl (C=O) groups excluding carboxylic acids is 1. The van der Waals surface area contributed by atoms with Crippen molar-refractivity contribution >= 4 is 11.7 Å². The van der Waals surface area contributed by atoms with Gasteiger partial charge >= 0.3 is 11.7 Å². The Bertz CT molecular complexity index is 855. The van der Waals surface area contributed by atoms with Gasteiger partial charge in [-0.25, -0.2) is 4.79 Å². The lowest BCUT2D eigenvalue weighted by molar-refractivity contribution is -0.387. The van der Waals surface area contributed by atoms with Crippen LogP contribution in [-0.2, 0) is 14.3 Å². The molecule has 130 valence electrons. The minimum Gasteiger partial charge on any atom is -0.485 e. The molecule has 0 unspecified atom stereocenters. The van der Waals surface area contributed by atoms with Crippen molar-refractivity contribution in [3.63, 3.8) is 0 Å². The van der Waals surface area contributed by atoms with Gasteiger partial charge in [0, 0.05) is 0 Å². The standard InChI is InChI=1S/C17H16N2O6/c1-9-14(19(21)22)16(25-18-9)15-13(11-7-5-4-6-8-11)12(10(2)24-15)17(20)23-3/h4-8,13,15H,1-3H3/t13-,15-/m0/s1. The number of aryl methyl sites for hydroxylation is 1. The van der Waals surface area contributed by atoms with Crippen LogP contribution in [0.25, 0.3) is 0 Å². The lowest BCUT2D eigenvalue weighted by Gasteiger charge is -2.18. The second-order valence-corrected chi connectivity index (χ2v) is 5.63. The average Bonchev–Trinajstić information content (AvgIpc) is 3.15. The lowest BCUT2D eigenvalue weighted by atomic mass is 9.86. The van der Waals surface area contributed by atoms with Crippen molar-refractivity contribution in [2.75, 3.05) is 7.11 Å². The predicted octanol–water partition coefficient (Wildman–Crippen LogP) is 3.19. The summed E-state index contributed by atoms with van der Waals surface area (Å²) in [6.07, 6.45) is -0.877. The van der Waals surface area contributed by atoms with E-state index in [1.807, 2.05) is 30.3 Å². The van der Waals surface area contributed by atoms with Crippen LogP contribution in [0, 0.1) is 17.0 Å². The fourth-order valence-electron chi connectivity index (χ4n) is 3.07. The van der Waals surface area contributed by atoms with Crippen molar-refractivity contribution in [1.82, 2.24) is 5.16 Å². The number of ether oxygens (including phenoxy) is 2. The number of aromatic nitrogens is 1. The Balaban J connectivity index is 2.15. The molecule has 8 nitrogen and oxygen atoms in total. The Hall–Kier alpha value is -3.16. The summed E-state index contributed by atoms with van der Waals surface area (Å²) in [5.41, 5.74) is 0.972. The van der Waals surface area contributed by atoms with Crippen molar-refractivity contribution in [1.29, 1.82) is 0 Å². The van der Waals surface area contributed by atoms with Gasteiger partial charge in [0.2, 0.25) is 0 Å². The summed E-state index contributed by atoms with van der Waals surface area (Å²) < 4.78 is 15.9. The summed E-state index contributed by atoms with van der Waals surface area (Å²) in [4.78, 5) is 23.1. The Labute approximate surface area is 143 Å². The van der Waals surface area contributed by atoms with E-state index >= 15 is 0 Å². The predicted molar refractivity (Wildman–Crippen MR) is 85.6 cm³/mol. The minimum absolute atomic E-state index is 0.0189. The van der Waals surface area contributed by atoms with Gasteiger partial charge in [-0.15, -0.1) is 0 Å². The molecule has 0 bridgehead atoms. The average molecular weight is 344 g/mol. The summed E-state index contributed by atoms with van der Waals surface area (Å²) in [5, 5.41) is 15.1. The Kier molecular flexibility index (Phi) is 4.26. The van der Waals surface area contributed by atoms with Gasteiger partial charge in [-0.1, -0.05) is 35.5 Å². The molecule has 25 heavy (non-hydrogen) atoms. The first-order valence-electron chi connectivity index (χ1n) is 7.57. The van der Waals surface area contributed by atoms with Crippen molar-refractivity contribution in [2.24, 2.45) is 0 Å². The second kappa shape index (κ2) is 6.39. The quantitative estimate of drug-likeness (QED) is 0.476. The third kappa shape index (κ3) is 2.75. The van der Waals surface area contributed by atoms with Crippen molar-refractivity contribution in [2.45, 2.75) is 25.9 Å². The zero-order valence-electron chi connectivity index (χ0n) is 13.9. The Morgan fingerprint density at radius 3 is 2.56 bits per heavy atom. The number of carbonyl (C=O) groups is 1. The van der Waals surface area contributed by atoms with Crippen LogP contribution in [-0.4, -0.2) is 23.2 Å². The number of methoxy groups -OCH3 is 1. The first kappa shape index (κ1) is 16.7. The number of benzene rings is 1. The summed E-state index contributed by atoms with van der Waals surface area (Å²) in [5.74, 6) is -0.823. The number of nitrogens with zero attached hydrogens (tertiary/aromatic N) is 2. The molecular weight excluding hydrogens is 328 g/mol. The highest BCUT2D eigenvalue weighted by molar-refractivity contribution is 5.91. The van der Waals surface area contributed by atoms with Gasteiger partial charge in [-0.3, -0.25) is 10.1 Å². The summed E-state index contributed by atoms with van der Waals surface area (Å²) in [6, 6.07) is 9.10. The van der Waals surface area contributed by atoms with Crippen LogP contribution < -0.4 is 0 Å². The molecule has 3 rings (SSSR count). The third-order valence-electron chi connectivity index (χ3n) is 4.16. The molecule has 0 N–H and O–H groups in total. The van der Waals surface area contributed by atoms with Crippen molar-refractivity contribution in [3.05, 3.63) is 68.8 Å². The highest BCUT2D eigenvalue weighted by atomic mass is 16.6. The van der Waals surface area contributed by atoms with Crippen LogP contribution in [0.5, 0.6) is 0 Å². The van der Waals surface area contributed by atoms with Crippen molar-refractivity contribution < 1.29 is 23.7 Å². The molecule has 2 atom stereocenters. The van der Waals surface area contributed by atoms with Crippen molar-refractivity contribution in [3.8, 4) is 0 Å². The number of hydrogen-bond donors (Lipinski definition) is 0. The summed E-state index contributed by atoms with van der Waals surface area (Å²) in [7, 11) is 1.28. The van der Waals surface area contributed by atoms with Gasteiger partial charge in [-0.05, 0) is 19.4 Å². The van der Waals surface area contributed by atoms with E-state index in [-0.39, 0.29) is 17.1 Å². The second-order valence-electron chi connectivity index (χ2n) is 5.63. The first-order chi connectivity index (χ1) is 12.0. The van der Waals surface area contributed by atoms with E-state index < -0.39 is 22.9 Å². The topological polar surface area (TPSA) is 105 Å². The maximum atomic E-state index is 12.3. The number of rotatable bonds is 4. The molecule has 1 aromatic carbocycles. The molecule has 0 amide bonds. The molecule has 0 aliphatic carbocycles. The maximum absolute atomic E-state index is 12.3. The van der Waals surface area contributed by atoms with Crippen LogP contribution in [0.4, 0.5) is 5.69 Å². The summed E-state index contributed by atoms with van der Waals surface area (Å²) in [6.45, 7) is 3.11. The van der Waals surface area contributed by atoms with E-state index in [4.69, 9.17) is 14.0 Å². The molecule has 0 spiro atoms. The van der Waals surface area contributed by atoms with Crippen LogP contribution in [0.1, 0.15) is 36.0 Å². The van der Waals surface area contributed by atoms with Gasteiger partial charge in [0.1, 0.15) is 5.76 Å². The zero-order valence-corrected chi connectivity index (χ0v) is 13.9. The van der Waals surface area contributed by atoms with E-state index in [1.165, 1.54) is 14.0 Å². The summed E-state index contributed by atoms with van der Waals surface area (Å²) >= 11 is 0. The molecule has 0 saturated heterocycles. The molecular formula is C17H16N2O6. The van der Waals surface area contributed by atoms with E-state index in [0.717, 1.165) is 5.56 Å². The molecule has 1 aliphatic rings. The molecule has 1 aromatic heterocycles. The van der Waals surface area contributed by atoms with Gasteiger partial charge in [-0.2, -0.15) is 0 Å². The smallest absolute Gasteiger partial charge is 0.338 e. The third-order valence-corrected chi connectivity index (χ3v) is 4.16. The molecule has 0 radical (unpaired) electrons. The molecule has 2 heterocycles. The van der Waals surface area contributed by atoms with E-state index in [9.17, 15) is 14.9 Å². The lowest BCUT2D eigenvalue weighted by Crippen LogP contribution is -2.16. The first-order valence-corrected chi connectivity index (χ1v) is 7.57. The molecule has 0 fully saturated rings. The van der Waals surface area contributed by atoms with E-state index in [2.05, 4.69) is 5.16 Å². The normalized spacial score (nSPS) is 19.6. The number of nitro groups is 1.